The monoisotopic (exact) mass is 212 g/mol. The van der Waals surface area contributed by atoms with Crippen LogP contribution in [0, 0.1) is 5.92 Å². The van der Waals surface area contributed by atoms with Crippen molar-refractivity contribution in [3.05, 3.63) is 35.4 Å². The molecule has 0 spiro atoms. The Hall–Kier alpha value is -0.820. The van der Waals surface area contributed by atoms with Crippen molar-refractivity contribution in [1.29, 1.82) is 0 Å². The summed E-state index contributed by atoms with van der Waals surface area (Å²) in [6, 6.07) is 9.44. The maximum Gasteiger partial charge on any atom is 0.130 e. The number of rotatable bonds is 2. The molecule has 0 atom stereocenters. The topological polar surface area (TPSA) is 17.1 Å². The number of ketones is 1. The van der Waals surface area contributed by atoms with Crippen LogP contribution in [0.25, 0.3) is 0 Å². The van der Waals surface area contributed by atoms with E-state index in [2.05, 4.69) is 0 Å². The molecule has 0 aromatic heterocycles. The minimum atomic E-state index is 0.287. The minimum Gasteiger partial charge on any atom is -0.300 e. The van der Waals surface area contributed by atoms with Crippen molar-refractivity contribution in [2.24, 2.45) is 5.92 Å². The van der Waals surface area contributed by atoms with Crippen molar-refractivity contribution in [3.63, 3.8) is 0 Å². The molecule has 0 unspecified atom stereocenters. The molecule has 0 N–H and O–H groups in total. The van der Waals surface area contributed by atoms with Crippen molar-refractivity contribution in [1.82, 2.24) is 0 Å². The maximum absolute atomic E-state index is 10.3. The van der Waals surface area contributed by atoms with E-state index in [0.29, 0.717) is 5.92 Å². The lowest BCUT2D eigenvalue weighted by Crippen LogP contribution is -1.95. The molecule has 0 aliphatic heterocycles. The van der Waals surface area contributed by atoms with Crippen molar-refractivity contribution in [2.45, 2.75) is 27.2 Å². The SMILES string of the molecule is CC(=O)CC(C)C.Clc1ccccc1. The van der Waals surface area contributed by atoms with Gasteiger partial charge in [-0.05, 0) is 25.0 Å². The van der Waals surface area contributed by atoms with Gasteiger partial charge in [-0.2, -0.15) is 0 Å². The number of hydrogen-bond donors (Lipinski definition) is 0. The third-order valence-electron chi connectivity index (χ3n) is 1.43. The van der Waals surface area contributed by atoms with Crippen LogP contribution in [0.2, 0.25) is 5.02 Å². The fourth-order valence-electron chi connectivity index (χ4n) is 0.990. The van der Waals surface area contributed by atoms with Crippen molar-refractivity contribution >= 4 is 17.4 Å². The second-order valence-electron chi connectivity index (χ2n) is 3.60. The summed E-state index contributed by atoms with van der Waals surface area (Å²) in [6.07, 6.45) is 0.722. The van der Waals surface area contributed by atoms with Gasteiger partial charge in [-0.15, -0.1) is 0 Å². The molecule has 1 aromatic carbocycles. The molecule has 0 saturated carbocycles. The van der Waals surface area contributed by atoms with Crippen LogP contribution in [0.5, 0.6) is 0 Å². The molecular weight excluding hydrogens is 196 g/mol. The molecule has 2 heteroatoms. The van der Waals surface area contributed by atoms with Crippen LogP contribution in [0.4, 0.5) is 0 Å². The van der Waals surface area contributed by atoms with Gasteiger partial charge in [-0.25, -0.2) is 0 Å². The predicted octanol–water partition coefficient (Wildman–Crippen LogP) is 3.96. The van der Waals surface area contributed by atoms with E-state index in [0.717, 1.165) is 11.4 Å². The van der Waals surface area contributed by atoms with Crippen LogP contribution in [0.15, 0.2) is 30.3 Å². The van der Waals surface area contributed by atoms with E-state index in [9.17, 15) is 4.79 Å². The fourth-order valence-corrected chi connectivity index (χ4v) is 1.14. The van der Waals surface area contributed by atoms with Crippen LogP contribution in [-0.4, -0.2) is 5.78 Å². The predicted molar refractivity (Wildman–Crippen MR) is 61.6 cm³/mol. The zero-order chi connectivity index (χ0) is 11.0. The van der Waals surface area contributed by atoms with E-state index >= 15 is 0 Å². The average molecular weight is 213 g/mol. The summed E-state index contributed by atoms with van der Waals surface area (Å²) in [5, 5.41) is 0.794. The van der Waals surface area contributed by atoms with Gasteiger partial charge < -0.3 is 4.79 Å². The van der Waals surface area contributed by atoms with Crippen molar-refractivity contribution in [2.75, 3.05) is 0 Å². The number of benzene rings is 1. The Balaban J connectivity index is 0.000000241. The van der Waals surface area contributed by atoms with E-state index in [-0.39, 0.29) is 5.78 Å². The Labute approximate surface area is 91.1 Å². The molecule has 0 radical (unpaired) electrons. The molecule has 1 aromatic rings. The molecule has 0 saturated heterocycles. The Morgan fingerprint density at radius 3 is 1.93 bits per heavy atom. The van der Waals surface area contributed by atoms with Crippen LogP contribution < -0.4 is 0 Å². The van der Waals surface area contributed by atoms with E-state index in [1.165, 1.54) is 0 Å². The third-order valence-corrected chi connectivity index (χ3v) is 1.68. The fraction of sp³-hybridized carbons (Fsp3) is 0.417. The van der Waals surface area contributed by atoms with E-state index in [4.69, 9.17) is 11.6 Å². The molecule has 0 bridgehead atoms. The largest absolute Gasteiger partial charge is 0.300 e. The first-order valence-electron chi connectivity index (χ1n) is 4.72. The summed E-state index contributed by atoms with van der Waals surface area (Å²) in [5.74, 6) is 0.813. The van der Waals surface area contributed by atoms with Gasteiger partial charge in [-0.3, -0.25) is 0 Å². The van der Waals surface area contributed by atoms with Crippen molar-refractivity contribution < 1.29 is 4.79 Å². The summed E-state index contributed by atoms with van der Waals surface area (Å²) in [5.41, 5.74) is 0. The highest BCUT2D eigenvalue weighted by atomic mass is 35.5. The molecular formula is C12H17ClO. The lowest BCUT2D eigenvalue weighted by Gasteiger charge is -1.95. The number of hydrogen-bond acceptors (Lipinski definition) is 1. The summed E-state index contributed by atoms with van der Waals surface area (Å²) in [6.45, 7) is 5.71. The molecule has 1 nitrogen and oxygen atoms in total. The summed E-state index contributed by atoms with van der Waals surface area (Å²) in [4.78, 5) is 10.3. The Morgan fingerprint density at radius 1 is 1.29 bits per heavy atom. The molecule has 1 rings (SSSR count). The second kappa shape index (κ2) is 7.57. The van der Waals surface area contributed by atoms with Gasteiger partial charge in [-0.1, -0.05) is 43.6 Å². The van der Waals surface area contributed by atoms with Gasteiger partial charge in [0, 0.05) is 11.4 Å². The molecule has 0 fully saturated rings. The highest BCUT2D eigenvalue weighted by molar-refractivity contribution is 6.30. The molecule has 0 heterocycles. The number of halogens is 1. The smallest absolute Gasteiger partial charge is 0.130 e. The maximum atomic E-state index is 10.3. The average Bonchev–Trinajstić information content (AvgIpc) is 2.03. The van der Waals surface area contributed by atoms with E-state index < -0.39 is 0 Å². The van der Waals surface area contributed by atoms with Gasteiger partial charge in [0.1, 0.15) is 5.78 Å². The zero-order valence-electron chi connectivity index (χ0n) is 8.96. The van der Waals surface area contributed by atoms with Crippen LogP contribution in [0.1, 0.15) is 27.2 Å². The van der Waals surface area contributed by atoms with Gasteiger partial charge in [0.25, 0.3) is 0 Å². The summed E-state index contributed by atoms with van der Waals surface area (Å²) >= 11 is 5.54. The van der Waals surface area contributed by atoms with Crippen molar-refractivity contribution in [3.8, 4) is 0 Å². The zero-order valence-corrected chi connectivity index (χ0v) is 9.71. The first-order chi connectivity index (χ1) is 6.52. The van der Waals surface area contributed by atoms with Gasteiger partial charge in [0.2, 0.25) is 0 Å². The Morgan fingerprint density at radius 2 is 1.79 bits per heavy atom. The second-order valence-corrected chi connectivity index (χ2v) is 4.03. The van der Waals surface area contributed by atoms with Crippen LogP contribution >= 0.6 is 11.6 Å². The van der Waals surface area contributed by atoms with Crippen LogP contribution in [-0.2, 0) is 4.79 Å². The van der Waals surface area contributed by atoms with E-state index in [1.807, 2.05) is 44.2 Å². The lowest BCUT2D eigenvalue weighted by molar-refractivity contribution is -0.117. The Kier molecular flexibility index (Phi) is 7.13. The molecule has 14 heavy (non-hydrogen) atoms. The standard InChI is InChI=1S/C6H5Cl.C6H12O/c7-6-4-2-1-3-5-6;1-5(2)4-6(3)7/h1-5H;5H,4H2,1-3H3. The highest BCUT2D eigenvalue weighted by Crippen LogP contribution is 2.03. The summed E-state index contributed by atoms with van der Waals surface area (Å²) in [7, 11) is 0. The van der Waals surface area contributed by atoms with Gasteiger partial charge in [0.05, 0.1) is 0 Å². The quantitative estimate of drug-likeness (QED) is 0.725. The first-order valence-corrected chi connectivity index (χ1v) is 5.10. The van der Waals surface area contributed by atoms with Crippen LogP contribution in [0.3, 0.4) is 0 Å². The molecule has 78 valence electrons. The highest BCUT2D eigenvalue weighted by Gasteiger charge is 1.95. The number of carbonyl (C=O) groups excluding carboxylic acids is 1. The minimum absolute atomic E-state index is 0.287. The first kappa shape index (κ1) is 13.2. The third kappa shape index (κ3) is 9.27. The van der Waals surface area contributed by atoms with Gasteiger partial charge in [0.15, 0.2) is 0 Å². The normalized spacial score (nSPS) is 9.21. The molecule has 0 amide bonds. The lowest BCUT2D eigenvalue weighted by atomic mass is 10.1. The molecule has 0 aliphatic rings. The number of Topliss-reactive ketones (excluding diaryl/α,β-unsaturated/α-hetero) is 1. The molecule has 0 aliphatic carbocycles. The number of carbonyl (C=O) groups is 1. The van der Waals surface area contributed by atoms with Gasteiger partial charge >= 0.3 is 0 Å². The summed E-state index contributed by atoms with van der Waals surface area (Å²) < 4.78 is 0. The Bertz CT molecular complexity index is 254. The van der Waals surface area contributed by atoms with E-state index in [1.54, 1.807) is 6.92 Å².